The van der Waals surface area contributed by atoms with Crippen molar-refractivity contribution in [2.45, 2.75) is 81.8 Å². The first kappa shape index (κ1) is 45.4. The van der Waals surface area contributed by atoms with E-state index in [1.807, 2.05) is 24.3 Å². The molecule has 0 bridgehead atoms. The van der Waals surface area contributed by atoms with Gasteiger partial charge in [-0.3, -0.25) is 19.9 Å². The fraction of sp³-hybridized carbons (Fsp3) is 0.459. The van der Waals surface area contributed by atoms with Crippen molar-refractivity contribution in [1.29, 1.82) is 0 Å². The monoisotopic (exact) mass is 825 g/mol. The van der Waals surface area contributed by atoms with Crippen molar-refractivity contribution in [2.75, 3.05) is 37.7 Å². The van der Waals surface area contributed by atoms with Gasteiger partial charge in [-0.05, 0) is 73.7 Å². The smallest absolute Gasteiger partial charge is 0.280 e. The molecule has 2 amide bonds. The lowest BCUT2D eigenvalue weighted by Gasteiger charge is -2.25. The van der Waals surface area contributed by atoms with Crippen LogP contribution in [-0.2, 0) is 17.6 Å². The Bertz CT molecular complexity index is 1900. The lowest BCUT2D eigenvalue weighted by Crippen LogP contribution is -2.49. The van der Waals surface area contributed by atoms with Crippen molar-refractivity contribution >= 4 is 41.0 Å². The number of aromatic amines is 1. The average molecular weight is 826 g/mol. The molecule has 20 nitrogen and oxygen atoms in total. The molecule has 0 aliphatic heterocycles. The summed E-state index contributed by atoms with van der Waals surface area (Å²) in [6.07, 6.45) is -1.09. The molecule has 21 heteroatoms. The predicted octanol–water partition coefficient (Wildman–Crippen LogP) is -0.472. The number of carbonyl (C=O) groups is 2. The molecule has 58 heavy (non-hydrogen) atoms. The Labute approximate surface area is 339 Å². The molecule has 0 saturated heterocycles. The van der Waals surface area contributed by atoms with E-state index in [0.717, 1.165) is 36.0 Å². The Morgan fingerprint density at radius 1 is 0.845 bits per heavy atom. The Hall–Kier alpha value is -5.35. The molecule has 15 N–H and O–H groups in total. The zero-order chi connectivity index (χ0) is 42.0. The number of carbonyl (C=O) groups excluding carboxylic acids is 2. The second-order valence-corrected chi connectivity index (χ2v) is 14.0. The minimum atomic E-state index is -1.68. The zero-order valence-corrected chi connectivity index (χ0v) is 32.6. The molecular formula is C37H52ClN13O7. The summed E-state index contributed by atoms with van der Waals surface area (Å²) < 4.78 is 0. The first-order valence-corrected chi connectivity index (χ1v) is 19.2. The number of H-pyrrole nitrogens is 1. The van der Waals surface area contributed by atoms with Gasteiger partial charge in [-0.1, -0.05) is 65.3 Å². The van der Waals surface area contributed by atoms with Crippen LogP contribution in [0, 0.1) is 0 Å². The van der Waals surface area contributed by atoms with Crippen LogP contribution in [0.25, 0.3) is 11.1 Å². The number of guanidine groups is 1. The summed E-state index contributed by atoms with van der Waals surface area (Å²) in [6.45, 7) is 0.115. The molecule has 2 aromatic heterocycles. The van der Waals surface area contributed by atoms with Gasteiger partial charge in [0.15, 0.2) is 34.3 Å². The molecule has 2 heterocycles. The van der Waals surface area contributed by atoms with Gasteiger partial charge in [0.1, 0.15) is 18.3 Å². The largest absolute Gasteiger partial charge is 0.394 e. The molecule has 0 saturated carbocycles. The van der Waals surface area contributed by atoms with E-state index >= 15 is 0 Å². The van der Waals surface area contributed by atoms with Crippen LogP contribution in [0.3, 0.4) is 0 Å². The van der Waals surface area contributed by atoms with E-state index in [1.165, 1.54) is 5.56 Å². The number of rotatable bonds is 23. The van der Waals surface area contributed by atoms with Gasteiger partial charge in [0.05, 0.1) is 18.8 Å². The third-order valence-corrected chi connectivity index (χ3v) is 9.46. The minimum Gasteiger partial charge on any atom is -0.394 e. The van der Waals surface area contributed by atoms with Crippen molar-refractivity contribution in [3.63, 3.8) is 0 Å². The molecule has 5 atom stereocenters. The second kappa shape index (κ2) is 23.2. The van der Waals surface area contributed by atoms with Crippen LogP contribution in [0.5, 0.6) is 0 Å². The quantitative estimate of drug-likeness (QED) is 0.0255. The maximum Gasteiger partial charge on any atom is 0.280 e. The van der Waals surface area contributed by atoms with Gasteiger partial charge in [0.2, 0.25) is 5.91 Å². The van der Waals surface area contributed by atoms with Crippen LogP contribution in [0.15, 0.2) is 53.5 Å². The van der Waals surface area contributed by atoms with E-state index in [0.29, 0.717) is 44.6 Å². The number of unbranched alkanes of at least 4 members (excludes halogenated alkanes) is 2. The van der Waals surface area contributed by atoms with Gasteiger partial charge in [-0.25, -0.2) is 9.97 Å². The van der Waals surface area contributed by atoms with Gasteiger partial charge in [-0.15, -0.1) is 10.2 Å². The van der Waals surface area contributed by atoms with Crippen LogP contribution < -0.4 is 33.2 Å². The number of nitrogens with zero attached hydrogens (tertiary/aromatic N) is 6. The number of nitrogens with two attached hydrogens (primary N) is 3. The van der Waals surface area contributed by atoms with Gasteiger partial charge < -0.3 is 53.4 Å². The van der Waals surface area contributed by atoms with Crippen molar-refractivity contribution in [2.24, 2.45) is 10.7 Å². The highest BCUT2D eigenvalue weighted by molar-refractivity contribution is 6.31. The number of tetrazole rings is 1. The molecular weight excluding hydrogens is 774 g/mol. The summed E-state index contributed by atoms with van der Waals surface area (Å²) in [7, 11) is 0. The number of nitrogen functional groups attached to an aromatic ring is 2. The lowest BCUT2D eigenvalue weighted by molar-refractivity contribution is -0.121. The maximum absolute atomic E-state index is 12.9. The van der Waals surface area contributed by atoms with E-state index in [4.69, 9.17) is 33.9 Å². The number of aryl methyl sites for hydroxylation is 2. The Morgan fingerprint density at radius 2 is 1.50 bits per heavy atom. The number of hydrogen-bond acceptors (Lipinski definition) is 16. The number of aliphatic hydroxyl groups excluding tert-OH is 5. The lowest BCUT2D eigenvalue weighted by atomic mass is 9.99. The first-order valence-electron chi connectivity index (χ1n) is 18.8. The third kappa shape index (κ3) is 14.2. The van der Waals surface area contributed by atoms with Gasteiger partial charge in [0.25, 0.3) is 5.91 Å². The normalized spacial score (nSPS) is 14.3. The zero-order valence-electron chi connectivity index (χ0n) is 31.8. The number of amides is 2. The van der Waals surface area contributed by atoms with Crippen LogP contribution in [0.4, 0.5) is 11.6 Å². The van der Waals surface area contributed by atoms with Crippen LogP contribution >= 0.6 is 11.6 Å². The molecule has 0 aliphatic rings. The molecule has 0 aliphatic carbocycles. The van der Waals surface area contributed by atoms with E-state index in [1.54, 1.807) is 0 Å². The van der Waals surface area contributed by atoms with Crippen molar-refractivity contribution < 1.29 is 35.1 Å². The highest BCUT2D eigenvalue weighted by Gasteiger charge is 2.29. The number of aliphatic hydroxyl groups is 5. The fourth-order valence-corrected chi connectivity index (χ4v) is 5.96. The standard InChI is InChI=1S/C37H52ClN13O7/c38-32-34(40)46-33(39)29(45-32)36(58)47-37(41)43-18-4-1-5-21-7-12-23(13-8-21)24-14-9-22(10-15-24)11-16-28(55)44-25(35-48-50-51-49-35)6-2-3-17-42-19-26(53)30(56)31(57)27(54)20-52/h7-10,12-15,25-27,30-31,42,52-54,56-57H,1-6,11,16-20H2,(H,44,55)(H4,39,40,46)(H3,41,43,47,58)(H,48,49,50,51). The summed E-state index contributed by atoms with van der Waals surface area (Å²) in [5.74, 6) is -0.796. The van der Waals surface area contributed by atoms with Crippen molar-refractivity contribution in [3.8, 4) is 11.1 Å². The number of halogens is 1. The first-order chi connectivity index (χ1) is 27.9. The third-order valence-electron chi connectivity index (χ3n) is 9.18. The number of benzene rings is 2. The van der Waals surface area contributed by atoms with E-state index in [9.17, 15) is 30.0 Å². The molecule has 2 aromatic carbocycles. The molecule has 5 unspecified atom stereocenters. The van der Waals surface area contributed by atoms with E-state index in [-0.39, 0.29) is 47.3 Å². The van der Waals surface area contributed by atoms with Crippen LogP contribution in [-0.4, -0.2) is 125 Å². The number of nitrogens with one attached hydrogen (secondary N) is 4. The molecule has 0 fully saturated rings. The van der Waals surface area contributed by atoms with Crippen LogP contribution in [0.1, 0.15) is 72.0 Å². The number of aromatic nitrogens is 6. The molecule has 4 rings (SSSR count). The molecule has 4 aromatic rings. The summed E-state index contributed by atoms with van der Waals surface area (Å²) in [5.41, 5.74) is 21.2. The van der Waals surface area contributed by atoms with Gasteiger partial charge in [-0.2, -0.15) is 5.21 Å². The average Bonchev–Trinajstić information content (AvgIpc) is 3.77. The number of hydrogen-bond donors (Lipinski definition) is 12. The number of aliphatic imine (C=N–C) groups is 1. The van der Waals surface area contributed by atoms with Crippen molar-refractivity contribution in [3.05, 3.63) is 76.3 Å². The Morgan fingerprint density at radius 3 is 2.14 bits per heavy atom. The molecule has 0 spiro atoms. The molecule has 0 radical (unpaired) electrons. The summed E-state index contributed by atoms with van der Waals surface area (Å²) >= 11 is 5.83. The predicted molar refractivity (Wildman–Crippen MR) is 216 cm³/mol. The Balaban J connectivity index is 1.14. The summed E-state index contributed by atoms with van der Waals surface area (Å²) in [4.78, 5) is 37.1. The minimum absolute atomic E-state index is 0.0328. The number of anilines is 2. The SMILES string of the molecule is NC(=NCCCCc1ccc(-c2ccc(CCC(=O)NC(CCCCNCC(O)C(O)C(O)C(O)CO)c3nn[nH]n3)cc2)cc1)NC(=O)c1nc(Cl)c(N)nc1N. The van der Waals surface area contributed by atoms with Gasteiger partial charge in [0, 0.05) is 19.5 Å². The van der Waals surface area contributed by atoms with Gasteiger partial charge >= 0.3 is 0 Å². The summed E-state index contributed by atoms with van der Waals surface area (Å²) in [6, 6.07) is 15.9. The highest BCUT2D eigenvalue weighted by atomic mass is 35.5. The van der Waals surface area contributed by atoms with E-state index < -0.39 is 43.0 Å². The van der Waals surface area contributed by atoms with Crippen molar-refractivity contribution in [1.82, 2.24) is 46.5 Å². The second-order valence-electron chi connectivity index (χ2n) is 13.6. The molecule has 314 valence electrons. The summed E-state index contributed by atoms with van der Waals surface area (Å²) in [5, 5.41) is 70.5. The van der Waals surface area contributed by atoms with Crippen LogP contribution in [0.2, 0.25) is 5.15 Å². The maximum atomic E-state index is 12.9. The highest BCUT2D eigenvalue weighted by Crippen LogP contribution is 2.22. The van der Waals surface area contributed by atoms with E-state index in [2.05, 4.69) is 75.8 Å². The Kier molecular flexibility index (Phi) is 18.1. The fourth-order valence-electron chi connectivity index (χ4n) is 5.83. The topological polar surface area (TPSA) is 342 Å².